The Kier molecular flexibility index (Phi) is 3.70. The molecule has 1 heterocycles. The van der Waals surface area contributed by atoms with E-state index >= 15 is 0 Å². The van der Waals surface area contributed by atoms with E-state index in [0.29, 0.717) is 6.54 Å². The average molecular weight is 216 g/mol. The lowest BCUT2D eigenvalue weighted by Gasteiger charge is -2.12. The molecule has 1 aromatic heterocycles. The summed E-state index contributed by atoms with van der Waals surface area (Å²) < 4.78 is 0. The van der Waals surface area contributed by atoms with Crippen LogP contribution in [-0.2, 0) is 11.3 Å². The number of carbonyl (C=O) groups excluding carboxylic acids is 1. The Balaban J connectivity index is 1.86. The maximum Gasteiger partial charge on any atom is 0.247 e. The van der Waals surface area contributed by atoms with Crippen molar-refractivity contribution in [2.75, 3.05) is 0 Å². The van der Waals surface area contributed by atoms with Gasteiger partial charge in [-0.1, -0.05) is 12.1 Å². The summed E-state index contributed by atoms with van der Waals surface area (Å²) >= 11 is 0. The second-order valence-electron chi connectivity index (χ2n) is 3.98. The van der Waals surface area contributed by atoms with E-state index in [1.165, 1.54) is 6.42 Å². The lowest BCUT2D eigenvalue weighted by atomic mass is 9.99. The monoisotopic (exact) mass is 216 g/mol. The number of nitrogens with zero attached hydrogens (tertiary/aromatic N) is 1. The lowest BCUT2D eigenvalue weighted by Crippen LogP contribution is -2.25. The van der Waals surface area contributed by atoms with Crippen LogP contribution in [0.3, 0.4) is 0 Å². The predicted molar refractivity (Wildman–Crippen MR) is 62.6 cm³/mol. The van der Waals surface area contributed by atoms with Gasteiger partial charge in [-0.3, -0.25) is 9.78 Å². The first-order chi connectivity index (χ1) is 7.86. The molecule has 0 aliphatic heterocycles. The predicted octanol–water partition coefficient (Wildman–Crippen LogP) is 2.20. The van der Waals surface area contributed by atoms with Crippen LogP contribution in [0.1, 0.15) is 31.4 Å². The number of carbonyl (C=O) groups is 1. The minimum atomic E-state index is 0.0605. The molecule has 84 valence electrons. The van der Waals surface area contributed by atoms with Crippen LogP contribution in [0.5, 0.6) is 0 Å². The van der Waals surface area contributed by atoms with Crippen molar-refractivity contribution in [1.82, 2.24) is 10.3 Å². The third-order valence-electron chi connectivity index (χ3n) is 2.74. The molecular weight excluding hydrogens is 200 g/mol. The Hall–Kier alpha value is -1.64. The van der Waals surface area contributed by atoms with Gasteiger partial charge in [0.1, 0.15) is 0 Å². The number of rotatable bonds is 3. The number of pyridine rings is 1. The Morgan fingerprint density at radius 2 is 2.31 bits per heavy atom. The second-order valence-corrected chi connectivity index (χ2v) is 3.98. The zero-order valence-electron chi connectivity index (χ0n) is 9.28. The van der Waals surface area contributed by atoms with E-state index in [-0.39, 0.29) is 5.91 Å². The molecule has 3 heteroatoms. The van der Waals surface area contributed by atoms with Crippen LogP contribution in [0, 0.1) is 0 Å². The minimum Gasteiger partial charge on any atom is -0.347 e. The standard InChI is InChI=1S/C13H16N2O/c16-13(11-6-2-1-3-7-11)15-10-12-8-4-5-9-14-12/h4-6,8-9H,1-3,7,10H2,(H,15,16). The van der Waals surface area contributed by atoms with Gasteiger partial charge >= 0.3 is 0 Å². The number of amides is 1. The first kappa shape index (κ1) is 10.9. The Morgan fingerprint density at radius 1 is 1.38 bits per heavy atom. The molecule has 0 bridgehead atoms. The minimum absolute atomic E-state index is 0.0605. The SMILES string of the molecule is O=C(NCc1ccccn1)C1=CCCCC1. The fourth-order valence-corrected chi connectivity index (χ4v) is 1.83. The van der Waals surface area contributed by atoms with Crippen molar-refractivity contribution in [3.05, 3.63) is 41.7 Å². The van der Waals surface area contributed by atoms with E-state index in [9.17, 15) is 4.79 Å². The van der Waals surface area contributed by atoms with Crippen molar-refractivity contribution < 1.29 is 4.79 Å². The molecule has 0 radical (unpaired) electrons. The van der Waals surface area contributed by atoms with Gasteiger partial charge in [0.15, 0.2) is 0 Å². The molecular formula is C13H16N2O. The van der Waals surface area contributed by atoms with Crippen molar-refractivity contribution in [2.45, 2.75) is 32.2 Å². The summed E-state index contributed by atoms with van der Waals surface area (Å²) in [7, 11) is 0. The average Bonchev–Trinajstić information content (AvgIpc) is 2.38. The zero-order valence-corrected chi connectivity index (χ0v) is 9.28. The highest BCUT2D eigenvalue weighted by Crippen LogP contribution is 2.17. The van der Waals surface area contributed by atoms with Crippen molar-refractivity contribution >= 4 is 5.91 Å². The van der Waals surface area contributed by atoms with E-state index < -0.39 is 0 Å². The molecule has 0 unspecified atom stereocenters. The summed E-state index contributed by atoms with van der Waals surface area (Å²) in [5, 5.41) is 2.90. The molecule has 0 aromatic carbocycles. The fraction of sp³-hybridized carbons (Fsp3) is 0.385. The molecule has 1 amide bonds. The molecule has 0 saturated heterocycles. The highest BCUT2D eigenvalue weighted by atomic mass is 16.1. The van der Waals surface area contributed by atoms with E-state index in [2.05, 4.69) is 16.4 Å². The van der Waals surface area contributed by atoms with E-state index in [1.807, 2.05) is 18.2 Å². The lowest BCUT2D eigenvalue weighted by molar-refractivity contribution is -0.117. The molecule has 0 spiro atoms. The highest BCUT2D eigenvalue weighted by Gasteiger charge is 2.11. The van der Waals surface area contributed by atoms with E-state index in [1.54, 1.807) is 6.20 Å². The van der Waals surface area contributed by atoms with Crippen LogP contribution in [0.25, 0.3) is 0 Å². The quantitative estimate of drug-likeness (QED) is 0.841. The van der Waals surface area contributed by atoms with Gasteiger partial charge in [0.05, 0.1) is 12.2 Å². The maximum atomic E-state index is 11.8. The zero-order chi connectivity index (χ0) is 11.2. The number of hydrogen-bond donors (Lipinski definition) is 1. The van der Waals surface area contributed by atoms with Gasteiger partial charge in [-0.05, 0) is 37.8 Å². The second kappa shape index (κ2) is 5.45. The van der Waals surface area contributed by atoms with Crippen LogP contribution in [0.2, 0.25) is 0 Å². The summed E-state index contributed by atoms with van der Waals surface area (Å²) in [5.74, 6) is 0.0605. The number of aromatic nitrogens is 1. The molecule has 1 aromatic rings. The van der Waals surface area contributed by atoms with Crippen molar-refractivity contribution in [1.29, 1.82) is 0 Å². The first-order valence-corrected chi connectivity index (χ1v) is 5.73. The van der Waals surface area contributed by atoms with Crippen molar-refractivity contribution in [2.24, 2.45) is 0 Å². The van der Waals surface area contributed by atoms with Crippen molar-refractivity contribution in [3.63, 3.8) is 0 Å². The van der Waals surface area contributed by atoms with Gasteiger partial charge in [0, 0.05) is 11.8 Å². The van der Waals surface area contributed by atoms with Gasteiger partial charge in [-0.15, -0.1) is 0 Å². The third-order valence-corrected chi connectivity index (χ3v) is 2.74. The molecule has 1 aliphatic carbocycles. The molecule has 1 aliphatic rings. The summed E-state index contributed by atoms with van der Waals surface area (Å²) in [6, 6.07) is 5.71. The third kappa shape index (κ3) is 2.92. The van der Waals surface area contributed by atoms with Gasteiger partial charge in [-0.2, -0.15) is 0 Å². The molecule has 0 atom stereocenters. The van der Waals surface area contributed by atoms with Gasteiger partial charge < -0.3 is 5.32 Å². The van der Waals surface area contributed by atoms with Crippen LogP contribution in [0.15, 0.2) is 36.0 Å². The summed E-state index contributed by atoms with van der Waals surface area (Å²) in [5.41, 5.74) is 1.83. The van der Waals surface area contributed by atoms with E-state index in [0.717, 1.165) is 30.5 Å². The highest BCUT2D eigenvalue weighted by molar-refractivity contribution is 5.93. The first-order valence-electron chi connectivity index (χ1n) is 5.73. The Bertz CT molecular complexity index is 384. The topological polar surface area (TPSA) is 42.0 Å². The normalized spacial score (nSPS) is 15.4. The van der Waals surface area contributed by atoms with Gasteiger partial charge in [0.2, 0.25) is 5.91 Å². The number of nitrogens with one attached hydrogen (secondary N) is 1. The summed E-state index contributed by atoms with van der Waals surface area (Å²) in [6.07, 6.45) is 8.07. The van der Waals surface area contributed by atoms with Crippen LogP contribution < -0.4 is 5.32 Å². The Labute approximate surface area is 95.6 Å². The number of allylic oxidation sites excluding steroid dienone is 1. The van der Waals surface area contributed by atoms with Crippen LogP contribution in [0.4, 0.5) is 0 Å². The summed E-state index contributed by atoms with van der Waals surface area (Å²) in [6.45, 7) is 0.511. The van der Waals surface area contributed by atoms with Crippen LogP contribution >= 0.6 is 0 Å². The summed E-state index contributed by atoms with van der Waals surface area (Å²) in [4.78, 5) is 15.9. The van der Waals surface area contributed by atoms with Crippen molar-refractivity contribution in [3.8, 4) is 0 Å². The fourth-order valence-electron chi connectivity index (χ4n) is 1.83. The Morgan fingerprint density at radius 3 is 3.00 bits per heavy atom. The molecule has 0 fully saturated rings. The van der Waals surface area contributed by atoms with E-state index in [4.69, 9.17) is 0 Å². The van der Waals surface area contributed by atoms with Crippen LogP contribution in [-0.4, -0.2) is 10.9 Å². The smallest absolute Gasteiger partial charge is 0.247 e. The number of hydrogen-bond acceptors (Lipinski definition) is 2. The molecule has 0 saturated carbocycles. The molecule has 2 rings (SSSR count). The largest absolute Gasteiger partial charge is 0.347 e. The van der Waals surface area contributed by atoms with Gasteiger partial charge in [-0.25, -0.2) is 0 Å². The maximum absolute atomic E-state index is 11.8. The molecule has 3 nitrogen and oxygen atoms in total. The molecule has 16 heavy (non-hydrogen) atoms. The van der Waals surface area contributed by atoms with Gasteiger partial charge in [0.25, 0.3) is 0 Å². The molecule has 1 N–H and O–H groups in total.